The highest BCUT2D eigenvalue weighted by atomic mass is 32.2. The van der Waals surface area contributed by atoms with Gasteiger partial charge in [-0.15, -0.1) is 0 Å². The number of esters is 2. The third-order valence-electron chi connectivity index (χ3n) is 2.84. The first-order chi connectivity index (χ1) is 12.1. The van der Waals surface area contributed by atoms with Crippen molar-refractivity contribution < 1.29 is 44.3 Å². The van der Waals surface area contributed by atoms with Crippen LogP contribution in [-0.2, 0) is 47.7 Å². The molecular formula is C14H26O10S2. The van der Waals surface area contributed by atoms with Crippen molar-refractivity contribution in [2.45, 2.75) is 52.4 Å². The average Bonchev–Trinajstić information content (AvgIpc) is 2.54. The normalized spacial score (nSPS) is 11.9. The molecule has 0 radical (unpaired) electrons. The van der Waals surface area contributed by atoms with Gasteiger partial charge in [-0.2, -0.15) is 16.8 Å². The monoisotopic (exact) mass is 418 g/mol. The van der Waals surface area contributed by atoms with Gasteiger partial charge in [0.25, 0.3) is 0 Å². The zero-order chi connectivity index (χ0) is 20.1. The second-order valence-electron chi connectivity index (χ2n) is 5.11. The van der Waals surface area contributed by atoms with Gasteiger partial charge in [-0.3, -0.25) is 18.0 Å². The second kappa shape index (κ2) is 13.0. The maximum Gasteiger partial charge on any atom is 0.306 e. The third-order valence-corrected chi connectivity index (χ3v) is 4.84. The first-order valence-corrected chi connectivity index (χ1v) is 11.3. The minimum absolute atomic E-state index is 0.0279. The number of hydrogen-bond donors (Lipinski definition) is 0. The van der Waals surface area contributed by atoms with Gasteiger partial charge in [0.2, 0.25) is 11.9 Å². The van der Waals surface area contributed by atoms with Crippen molar-refractivity contribution in [1.29, 1.82) is 0 Å². The number of ether oxygens (including phenoxy) is 2. The molecule has 0 fully saturated rings. The molecule has 0 unspecified atom stereocenters. The van der Waals surface area contributed by atoms with Crippen LogP contribution in [0.15, 0.2) is 0 Å². The molecule has 0 atom stereocenters. The van der Waals surface area contributed by atoms with Crippen molar-refractivity contribution in [2.75, 3.05) is 25.1 Å². The fourth-order valence-corrected chi connectivity index (χ4v) is 3.15. The molecule has 0 heterocycles. The smallest absolute Gasteiger partial charge is 0.306 e. The lowest BCUT2D eigenvalue weighted by atomic mass is 10.1. The molecule has 0 bridgehead atoms. The van der Waals surface area contributed by atoms with Crippen LogP contribution in [-0.4, -0.2) is 53.9 Å². The summed E-state index contributed by atoms with van der Waals surface area (Å²) in [5.41, 5.74) is 0. The number of carbonyl (C=O) groups excluding carboxylic acids is 2. The third kappa shape index (κ3) is 14.0. The Labute approximate surface area is 154 Å². The van der Waals surface area contributed by atoms with Crippen LogP contribution in [0.5, 0.6) is 0 Å². The van der Waals surface area contributed by atoms with Gasteiger partial charge in [0.15, 0.2) is 0 Å². The highest BCUT2D eigenvalue weighted by Gasteiger charge is 2.15. The summed E-state index contributed by atoms with van der Waals surface area (Å²) in [6, 6.07) is 0. The highest BCUT2D eigenvalue weighted by Crippen LogP contribution is 2.08. The SMILES string of the molecule is CCOS(=O)(=O)COC(=O)CCCCCCC(=O)OCS(=O)(=O)OCC. The Kier molecular flexibility index (Phi) is 12.4. The van der Waals surface area contributed by atoms with Gasteiger partial charge in [0.05, 0.1) is 13.2 Å². The topological polar surface area (TPSA) is 139 Å². The second-order valence-corrected chi connectivity index (χ2v) is 8.28. The van der Waals surface area contributed by atoms with E-state index in [1.54, 1.807) is 0 Å². The minimum Gasteiger partial charge on any atom is -0.447 e. The van der Waals surface area contributed by atoms with E-state index in [0.717, 1.165) is 0 Å². The Morgan fingerprint density at radius 1 is 0.654 bits per heavy atom. The molecule has 10 nitrogen and oxygen atoms in total. The molecule has 0 amide bonds. The largest absolute Gasteiger partial charge is 0.447 e. The maximum atomic E-state index is 11.4. The molecule has 0 saturated carbocycles. The van der Waals surface area contributed by atoms with E-state index in [1.807, 2.05) is 0 Å². The Bertz CT molecular complexity index is 568. The molecule has 0 aliphatic carbocycles. The summed E-state index contributed by atoms with van der Waals surface area (Å²) in [4.78, 5) is 22.8. The molecule has 12 heteroatoms. The zero-order valence-electron chi connectivity index (χ0n) is 15.0. The summed E-state index contributed by atoms with van der Waals surface area (Å²) in [5, 5.41) is 0. The molecule has 0 spiro atoms. The van der Waals surface area contributed by atoms with Crippen molar-refractivity contribution >= 4 is 32.2 Å². The Hall–Kier alpha value is -1.24. The van der Waals surface area contributed by atoms with Crippen molar-refractivity contribution in [3.63, 3.8) is 0 Å². The van der Waals surface area contributed by atoms with Gasteiger partial charge in [0, 0.05) is 12.8 Å². The first-order valence-electron chi connectivity index (χ1n) is 8.17. The lowest BCUT2D eigenvalue weighted by Gasteiger charge is -2.06. The van der Waals surface area contributed by atoms with Gasteiger partial charge < -0.3 is 9.47 Å². The highest BCUT2D eigenvalue weighted by molar-refractivity contribution is 7.86. The quantitative estimate of drug-likeness (QED) is 0.215. The average molecular weight is 418 g/mol. The summed E-state index contributed by atoms with van der Waals surface area (Å²) < 4.78 is 62.7. The standard InChI is InChI=1S/C14H26O10S2/c1-3-23-25(17,18)11-21-13(15)9-7-5-6-8-10-14(16)22-12-26(19,20)24-4-2/h3-12H2,1-2H3. The Morgan fingerprint density at radius 2 is 1.00 bits per heavy atom. The molecule has 0 aromatic carbocycles. The number of carbonyl (C=O) groups is 2. The summed E-state index contributed by atoms with van der Waals surface area (Å²) >= 11 is 0. The van der Waals surface area contributed by atoms with Crippen LogP contribution >= 0.6 is 0 Å². The van der Waals surface area contributed by atoms with E-state index in [2.05, 4.69) is 17.8 Å². The number of hydrogen-bond acceptors (Lipinski definition) is 10. The predicted octanol–water partition coefficient (Wildman–Crippen LogP) is 1.06. The lowest BCUT2D eigenvalue weighted by molar-refractivity contribution is -0.143. The molecular weight excluding hydrogens is 392 g/mol. The maximum absolute atomic E-state index is 11.4. The van der Waals surface area contributed by atoms with Gasteiger partial charge in [-0.25, -0.2) is 0 Å². The molecule has 0 rings (SSSR count). The van der Waals surface area contributed by atoms with E-state index >= 15 is 0 Å². The molecule has 0 N–H and O–H groups in total. The zero-order valence-corrected chi connectivity index (χ0v) is 16.6. The Balaban J connectivity index is 3.72. The molecule has 26 heavy (non-hydrogen) atoms. The van der Waals surface area contributed by atoms with Crippen LogP contribution in [0.4, 0.5) is 0 Å². The van der Waals surface area contributed by atoms with E-state index < -0.39 is 44.1 Å². The van der Waals surface area contributed by atoms with Crippen LogP contribution in [0.1, 0.15) is 52.4 Å². The van der Waals surface area contributed by atoms with Crippen LogP contribution in [0, 0.1) is 0 Å². The van der Waals surface area contributed by atoms with E-state index in [1.165, 1.54) is 13.8 Å². The van der Waals surface area contributed by atoms with Gasteiger partial charge in [0.1, 0.15) is 0 Å². The fraction of sp³-hybridized carbons (Fsp3) is 0.857. The molecule has 0 aliphatic heterocycles. The molecule has 0 aromatic heterocycles. The summed E-state index contributed by atoms with van der Waals surface area (Å²) in [5.74, 6) is -2.91. The number of unbranched alkanes of at least 4 members (excludes halogenated alkanes) is 3. The molecule has 0 aromatic rings. The summed E-state index contributed by atoms with van der Waals surface area (Å²) in [7, 11) is -7.68. The van der Waals surface area contributed by atoms with Crippen LogP contribution in [0.2, 0.25) is 0 Å². The van der Waals surface area contributed by atoms with E-state index in [0.29, 0.717) is 25.7 Å². The van der Waals surface area contributed by atoms with E-state index in [4.69, 9.17) is 0 Å². The van der Waals surface area contributed by atoms with Gasteiger partial charge in [-0.1, -0.05) is 12.8 Å². The van der Waals surface area contributed by atoms with E-state index in [9.17, 15) is 26.4 Å². The minimum atomic E-state index is -3.84. The van der Waals surface area contributed by atoms with Crippen LogP contribution < -0.4 is 0 Å². The molecule has 154 valence electrons. The summed E-state index contributed by atoms with van der Waals surface area (Å²) in [6.07, 6.45) is 2.30. The van der Waals surface area contributed by atoms with Crippen LogP contribution in [0.3, 0.4) is 0 Å². The van der Waals surface area contributed by atoms with Crippen molar-refractivity contribution in [2.24, 2.45) is 0 Å². The molecule has 0 saturated heterocycles. The van der Waals surface area contributed by atoms with Crippen molar-refractivity contribution in [3.8, 4) is 0 Å². The number of rotatable bonds is 15. The van der Waals surface area contributed by atoms with Crippen molar-refractivity contribution in [3.05, 3.63) is 0 Å². The van der Waals surface area contributed by atoms with Gasteiger partial charge in [-0.05, 0) is 26.7 Å². The van der Waals surface area contributed by atoms with Gasteiger partial charge >= 0.3 is 32.2 Å². The van der Waals surface area contributed by atoms with E-state index in [-0.39, 0.29) is 26.1 Å². The first kappa shape index (κ1) is 24.8. The fourth-order valence-electron chi connectivity index (χ4n) is 1.74. The van der Waals surface area contributed by atoms with Crippen LogP contribution in [0.25, 0.3) is 0 Å². The lowest BCUT2D eigenvalue weighted by Crippen LogP contribution is -2.16. The van der Waals surface area contributed by atoms with Crippen molar-refractivity contribution in [1.82, 2.24) is 0 Å². The summed E-state index contributed by atoms with van der Waals surface area (Å²) in [6.45, 7) is 2.96. The molecule has 0 aliphatic rings. The predicted molar refractivity (Wildman–Crippen MR) is 90.7 cm³/mol. The Morgan fingerprint density at radius 3 is 1.31 bits per heavy atom.